The van der Waals surface area contributed by atoms with Crippen molar-refractivity contribution in [2.75, 3.05) is 54.5 Å². The number of pyridine rings is 2. The molecule has 17 heteroatoms. The van der Waals surface area contributed by atoms with E-state index in [2.05, 4.69) is 70.1 Å². The van der Waals surface area contributed by atoms with Gasteiger partial charge < -0.3 is 15.0 Å². The van der Waals surface area contributed by atoms with E-state index in [-0.39, 0.29) is 18.0 Å². The lowest BCUT2D eigenvalue weighted by atomic mass is 9.79. The molecule has 3 atom stereocenters. The maximum atomic E-state index is 12.3. The Balaban J connectivity index is 0.806. The molecule has 7 heterocycles. The van der Waals surface area contributed by atoms with Gasteiger partial charge in [0.1, 0.15) is 17.8 Å². The molecule has 3 amide bonds. The third-order valence-electron chi connectivity index (χ3n) is 12.1. The predicted octanol–water partition coefficient (Wildman–Crippen LogP) is 4.29. The van der Waals surface area contributed by atoms with Gasteiger partial charge in [0.05, 0.1) is 66.9 Å². The minimum Gasteiger partial charge on any atom is -0.378 e. The lowest BCUT2D eigenvalue weighted by Gasteiger charge is -2.45. The van der Waals surface area contributed by atoms with E-state index in [1.54, 1.807) is 39.6 Å². The van der Waals surface area contributed by atoms with Gasteiger partial charge in [-0.2, -0.15) is 20.3 Å². The van der Waals surface area contributed by atoms with Crippen molar-refractivity contribution in [2.24, 2.45) is 5.92 Å². The number of carbonyl (C=O) groups is 2. The summed E-state index contributed by atoms with van der Waals surface area (Å²) in [5.41, 5.74) is 5.23. The zero-order valence-electron chi connectivity index (χ0n) is 32.2. The van der Waals surface area contributed by atoms with Crippen molar-refractivity contribution in [1.82, 2.24) is 45.0 Å². The molecule has 4 aromatic heterocycles. The van der Waals surface area contributed by atoms with Gasteiger partial charge in [0.25, 0.3) is 0 Å². The molecule has 2 N–H and O–H groups in total. The quantitative estimate of drug-likeness (QED) is 0.204. The summed E-state index contributed by atoms with van der Waals surface area (Å²) in [4.78, 5) is 39.7. The molecular formula is C41H44N14O3. The van der Waals surface area contributed by atoms with Gasteiger partial charge in [0.15, 0.2) is 11.5 Å². The fraction of sp³-hybridized carbons (Fsp3) is 0.439. The summed E-state index contributed by atoms with van der Waals surface area (Å²) in [7, 11) is 0. The van der Waals surface area contributed by atoms with Crippen LogP contribution in [0.4, 0.5) is 21.9 Å². The van der Waals surface area contributed by atoms with E-state index in [0.29, 0.717) is 65.9 Å². The summed E-state index contributed by atoms with van der Waals surface area (Å²) in [6.45, 7) is 6.55. The first kappa shape index (κ1) is 37.2. The number of hydrogen-bond acceptors (Lipinski definition) is 13. The summed E-state index contributed by atoms with van der Waals surface area (Å²) in [5, 5.41) is 38.9. The number of ether oxygens (including phenoxy) is 1. The topological polar surface area (TPSA) is 199 Å². The highest BCUT2D eigenvalue weighted by Gasteiger charge is 2.41. The maximum absolute atomic E-state index is 12.3. The molecule has 1 aromatic carbocycles. The van der Waals surface area contributed by atoms with Crippen LogP contribution in [0.25, 0.3) is 22.5 Å². The van der Waals surface area contributed by atoms with E-state index in [4.69, 9.17) is 4.74 Å². The van der Waals surface area contributed by atoms with Crippen molar-refractivity contribution in [3.8, 4) is 23.6 Å². The number of nitriles is 2. The number of hydrogen-bond donors (Lipinski definition) is 2. The molecule has 9 rings (SSSR count). The number of fused-ring (bicyclic) bond motifs is 2. The van der Waals surface area contributed by atoms with Crippen molar-refractivity contribution >= 4 is 40.0 Å². The van der Waals surface area contributed by atoms with E-state index in [0.717, 1.165) is 80.8 Å². The summed E-state index contributed by atoms with van der Waals surface area (Å²) in [6.07, 6.45) is 12.7. The van der Waals surface area contributed by atoms with Crippen LogP contribution >= 0.6 is 0 Å². The van der Waals surface area contributed by atoms with Crippen molar-refractivity contribution in [3.05, 3.63) is 72.4 Å². The van der Waals surface area contributed by atoms with E-state index >= 15 is 0 Å². The van der Waals surface area contributed by atoms with Crippen LogP contribution < -0.4 is 20.4 Å². The van der Waals surface area contributed by atoms with Gasteiger partial charge in [-0.1, -0.05) is 5.21 Å². The van der Waals surface area contributed by atoms with E-state index in [9.17, 15) is 20.1 Å². The Bertz CT molecular complexity index is 2410. The van der Waals surface area contributed by atoms with Crippen LogP contribution in [0.5, 0.6) is 0 Å². The van der Waals surface area contributed by atoms with E-state index in [1.165, 1.54) is 6.20 Å². The van der Waals surface area contributed by atoms with Crippen LogP contribution in [0.15, 0.2) is 61.2 Å². The summed E-state index contributed by atoms with van der Waals surface area (Å²) in [6, 6.07) is 15.8. The van der Waals surface area contributed by atoms with E-state index < -0.39 is 6.04 Å². The molecule has 0 unspecified atom stereocenters. The average Bonchev–Trinajstić information content (AvgIpc) is 4.04. The number of nitrogens with zero attached hydrogens (tertiary/aromatic N) is 12. The zero-order valence-corrected chi connectivity index (χ0v) is 32.2. The Morgan fingerprint density at radius 1 is 0.966 bits per heavy atom. The number of rotatable bonds is 10. The first-order valence-electron chi connectivity index (χ1n) is 20.0. The highest BCUT2D eigenvalue weighted by Crippen LogP contribution is 2.38. The van der Waals surface area contributed by atoms with Crippen LogP contribution in [-0.2, 0) is 9.53 Å². The van der Waals surface area contributed by atoms with Gasteiger partial charge in [0, 0.05) is 61.0 Å². The number of carbonyl (C=O) groups excluding carboxylic acids is 2. The second-order valence-corrected chi connectivity index (χ2v) is 15.6. The number of nitrogens with one attached hydrogen (secondary N) is 2. The monoisotopic (exact) mass is 780 g/mol. The summed E-state index contributed by atoms with van der Waals surface area (Å²) in [5.74, 6) is 1.25. The second-order valence-electron chi connectivity index (χ2n) is 15.6. The number of anilines is 3. The van der Waals surface area contributed by atoms with Crippen LogP contribution in [0.2, 0.25) is 0 Å². The van der Waals surface area contributed by atoms with Crippen LogP contribution in [0, 0.1) is 28.6 Å². The average molecular weight is 781 g/mol. The third kappa shape index (κ3) is 7.30. The Kier molecular flexibility index (Phi) is 10.1. The maximum Gasteiger partial charge on any atom is 0.328 e. The molecule has 0 radical (unpaired) electrons. The number of aromatic nitrogens is 7. The lowest BCUT2D eigenvalue weighted by Crippen LogP contribution is -2.59. The first-order valence-corrected chi connectivity index (χ1v) is 20.0. The van der Waals surface area contributed by atoms with Crippen molar-refractivity contribution in [1.29, 1.82) is 10.5 Å². The highest BCUT2D eigenvalue weighted by molar-refractivity contribution is 6.05. The molecule has 5 aromatic rings. The molecule has 3 saturated heterocycles. The molecule has 4 fully saturated rings. The Morgan fingerprint density at radius 2 is 1.78 bits per heavy atom. The largest absolute Gasteiger partial charge is 0.378 e. The minimum atomic E-state index is -0.474. The molecule has 1 aliphatic carbocycles. The van der Waals surface area contributed by atoms with Crippen LogP contribution in [0.1, 0.15) is 62.6 Å². The molecule has 3 aliphatic heterocycles. The minimum absolute atomic E-state index is 0.232. The van der Waals surface area contributed by atoms with Gasteiger partial charge in [0.2, 0.25) is 5.91 Å². The van der Waals surface area contributed by atoms with Gasteiger partial charge in [-0.3, -0.25) is 19.9 Å². The fourth-order valence-corrected chi connectivity index (χ4v) is 8.92. The zero-order chi connectivity index (χ0) is 39.8. The summed E-state index contributed by atoms with van der Waals surface area (Å²) < 4.78 is 9.39. The second kappa shape index (κ2) is 15.8. The van der Waals surface area contributed by atoms with Crippen molar-refractivity contribution < 1.29 is 14.3 Å². The number of imide groups is 1. The molecular weight excluding hydrogens is 737 g/mol. The van der Waals surface area contributed by atoms with Gasteiger partial charge in [-0.25, -0.2) is 19.4 Å². The van der Waals surface area contributed by atoms with Crippen LogP contribution in [0.3, 0.4) is 0 Å². The molecule has 4 aliphatic rings. The summed E-state index contributed by atoms with van der Waals surface area (Å²) >= 11 is 0. The normalized spacial score (nSPS) is 22.9. The SMILES string of the molecule is C[C@H](C#N)Nc1cc(-n2ncc3cc(C#N)cnc32)ncc1-n1cc(C2CCC(CCN3CCN(c4ccc(N5CCC(=O)NC5=O)cc4)[C@@H]4COC[C@@H]43)CC2)nn1. The first-order chi connectivity index (χ1) is 28.3. The molecule has 17 nitrogen and oxygen atoms in total. The molecule has 1 saturated carbocycles. The van der Waals surface area contributed by atoms with Gasteiger partial charge >= 0.3 is 6.03 Å². The Morgan fingerprint density at radius 3 is 2.57 bits per heavy atom. The van der Waals surface area contributed by atoms with E-state index in [1.807, 2.05) is 24.4 Å². The number of urea groups is 1. The standard InChI is InChI=1S/C41H44N14O3/c1-26(18-42)47-33-17-38(55-40-30(21-46-55)16-28(19-43)20-45-40)44-22-35(33)54-23-34(49-50-54)29-4-2-27(3-5-29)10-12-51-14-15-52(37-25-58-24-36(37)51)31-6-8-32(9-7-31)53-13-11-39(56)48-41(53)57/h6-9,16-17,20-23,26-27,29,36-37H,2-5,10-15,24-25H2,1H3,(H,44,47)(H,48,56,57)/t26-,27?,29?,36+,37-/m1/s1. The third-order valence-corrected chi connectivity index (χ3v) is 12.1. The van der Waals surface area contributed by atoms with Gasteiger partial charge in [-0.15, -0.1) is 5.10 Å². The molecule has 296 valence electrons. The number of amides is 3. The molecule has 58 heavy (non-hydrogen) atoms. The Labute approximate surface area is 335 Å². The Hall–Kier alpha value is -6.43. The van der Waals surface area contributed by atoms with Crippen molar-refractivity contribution in [2.45, 2.75) is 69.5 Å². The number of piperazine rings is 1. The molecule has 0 spiro atoms. The van der Waals surface area contributed by atoms with Crippen molar-refractivity contribution in [3.63, 3.8) is 0 Å². The van der Waals surface area contributed by atoms with Crippen LogP contribution in [-0.4, -0.2) is 109 Å². The fourth-order valence-electron chi connectivity index (χ4n) is 8.92. The van der Waals surface area contributed by atoms with Gasteiger partial charge in [-0.05, 0) is 81.8 Å². The highest BCUT2D eigenvalue weighted by atomic mass is 16.5. The smallest absolute Gasteiger partial charge is 0.328 e. The lowest BCUT2D eigenvalue weighted by molar-refractivity contribution is -0.120. The number of benzene rings is 1. The predicted molar refractivity (Wildman–Crippen MR) is 214 cm³/mol. The molecule has 0 bridgehead atoms.